The number of ether oxygens (including phenoxy) is 1. The predicted octanol–water partition coefficient (Wildman–Crippen LogP) is 2.82. The maximum Gasteiger partial charge on any atom is 0.310 e. The molecule has 2 amide bonds. The molecule has 0 saturated carbocycles. The van der Waals surface area contributed by atoms with Crippen molar-refractivity contribution < 1.29 is 19.1 Å². The Morgan fingerprint density at radius 1 is 1.38 bits per heavy atom. The molecule has 142 valence electrons. The Balaban J connectivity index is 1.97. The van der Waals surface area contributed by atoms with Gasteiger partial charge in [-0.2, -0.15) is 0 Å². The van der Waals surface area contributed by atoms with Crippen molar-refractivity contribution in [2.24, 2.45) is 5.92 Å². The number of likely N-dealkylation sites (tertiary alicyclic amines) is 1. The van der Waals surface area contributed by atoms with Gasteiger partial charge in [0.15, 0.2) is 0 Å². The van der Waals surface area contributed by atoms with Gasteiger partial charge in [-0.05, 0) is 60.6 Å². The van der Waals surface area contributed by atoms with Gasteiger partial charge < -0.3 is 14.5 Å². The Kier molecular flexibility index (Phi) is 7.69. The fourth-order valence-electron chi connectivity index (χ4n) is 2.90. The Morgan fingerprint density at radius 2 is 2.12 bits per heavy atom. The van der Waals surface area contributed by atoms with Crippen molar-refractivity contribution in [3.8, 4) is 0 Å². The summed E-state index contributed by atoms with van der Waals surface area (Å²) in [6, 6.07) is 5.02. The number of hydrogen-bond acceptors (Lipinski definition) is 4. The lowest BCUT2D eigenvalue weighted by Gasteiger charge is -2.32. The van der Waals surface area contributed by atoms with Gasteiger partial charge in [-0.3, -0.25) is 14.4 Å². The van der Waals surface area contributed by atoms with Gasteiger partial charge in [0.25, 0.3) is 5.91 Å². The summed E-state index contributed by atoms with van der Waals surface area (Å²) in [6.07, 6.45) is 1.47. The van der Waals surface area contributed by atoms with Crippen molar-refractivity contribution in [2.45, 2.75) is 19.8 Å². The number of hydrogen-bond donors (Lipinski definition) is 0. The first-order chi connectivity index (χ1) is 12.3. The number of rotatable bonds is 5. The molecule has 0 radical (unpaired) electrons. The zero-order chi connectivity index (χ0) is 19.3. The smallest absolute Gasteiger partial charge is 0.310 e. The normalized spacial score (nSPS) is 16.9. The average Bonchev–Trinajstić information content (AvgIpc) is 2.61. The molecule has 2 rings (SSSR count). The van der Waals surface area contributed by atoms with E-state index in [9.17, 15) is 14.4 Å². The number of carbonyl (C=O) groups excluding carboxylic acids is 3. The molecule has 1 aromatic carbocycles. The zero-order valence-corrected chi connectivity index (χ0v) is 17.7. The Labute approximate surface area is 171 Å². The molecule has 0 N–H and O–H groups in total. The number of halogens is 2. The Morgan fingerprint density at radius 3 is 2.77 bits per heavy atom. The highest BCUT2D eigenvalue weighted by molar-refractivity contribution is 14.1. The lowest BCUT2D eigenvalue weighted by molar-refractivity contribution is -0.151. The number of benzene rings is 1. The number of nitrogens with zero attached hydrogens (tertiary/aromatic N) is 2. The molecule has 8 heteroatoms. The van der Waals surface area contributed by atoms with Crippen LogP contribution in [0.15, 0.2) is 18.2 Å². The molecule has 0 spiro atoms. The van der Waals surface area contributed by atoms with Crippen LogP contribution in [0.25, 0.3) is 0 Å². The minimum Gasteiger partial charge on any atom is -0.466 e. The molecule has 1 unspecified atom stereocenters. The summed E-state index contributed by atoms with van der Waals surface area (Å²) >= 11 is 7.97. The van der Waals surface area contributed by atoms with Crippen LogP contribution in [-0.2, 0) is 14.3 Å². The van der Waals surface area contributed by atoms with Gasteiger partial charge in [0.1, 0.15) is 0 Å². The topological polar surface area (TPSA) is 66.9 Å². The van der Waals surface area contributed by atoms with Gasteiger partial charge in [-0.15, -0.1) is 0 Å². The third-order valence-electron chi connectivity index (χ3n) is 4.27. The first kappa shape index (κ1) is 21.0. The summed E-state index contributed by atoms with van der Waals surface area (Å²) in [7, 11) is 1.59. The molecule has 1 aliphatic heterocycles. The molecule has 1 aromatic rings. The molecule has 6 nitrogen and oxygen atoms in total. The summed E-state index contributed by atoms with van der Waals surface area (Å²) in [5.41, 5.74) is 0.508. The van der Waals surface area contributed by atoms with E-state index in [1.165, 1.54) is 4.90 Å². The van der Waals surface area contributed by atoms with Crippen molar-refractivity contribution >= 4 is 52.0 Å². The number of piperidine rings is 1. The largest absolute Gasteiger partial charge is 0.466 e. The average molecular weight is 493 g/mol. The molecule has 0 aliphatic carbocycles. The summed E-state index contributed by atoms with van der Waals surface area (Å²) in [5.74, 6) is -0.951. The van der Waals surface area contributed by atoms with Gasteiger partial charge in [0.2, 0.25) is 5.91 Å². The van der Waals surface area contributed by atoms with E-state index in [0.717, 1.165) is 16.4 Å². The van der Waals surface area contributed by atoms with Crippen LogP contribution in [0.5, 0.6) is 0 Å². The molecule has 1 atom stereocenters. The number of carbonyl (C=O) groups is 3. The van der Waals surface area contributed by atoms with Crippen LogP contribution < -0.4 is 0 Å². The lowest BCUT2D eigenvalue weighted by Crippen LogP contribution is -2.47. The van der Waals surface area contributed by atoms with Crippen molar-refractivity contribution in [1.29, 1.82) is 0 Å². The van der Waals surface area contributed by atoms with E-state index < -0.39 is 0 Å². The van der Waals surface area contributed by atoms with E-state index in [2.05, 4.69) is 22.6 Å². The van der Waals surface area contributed by atoms with E-state index in [1.54, 1.807) is 37.1 Å². The first-order valence-corrected chi connectivity index (χ1v) is 9.94. The monoisotopic (exact) mass is 492 g/mol. The minimum absolute atomic E-state index is 0.0346. The minimum atomic E-state index is -0.286. The highest BCUT2D eigenvalue weighted by Crippen LogP contribution is 2.20. The Hall–Kier alpha value is -1.35. The van der Waals surface area contributed by atoms with Crippen LogP contribution in [0, 0.1) is 9.49 Å². The summed E-state index contributed by atoms with van der Waals surface area (Å²) in [5, 5.41) is 0.558. The van der Waals surface area contributed by atoms with Crippen LogP contribution in [0.4, 0.5) is 0 Å². The van der Waals surface area contributed by atoms with E-state index in [1.807, 2.05) is 0 Å². The van der Waals surface area contributed by atoms with E-state index in [4.69, 9.17) is 16.3 Å². The lowest BCUT2D eigenvalue weighted by atomic mass is 9.98. The maximum absolute atomic E-state index is 12.6. The SMILES string of the molecule is CCOC(=O)C1CCCN(C(=O)CN(C)C(=O)c2ccc(Cl)cc2I)C1. The van der Waals surface area contributed by atoms with Crippen molar-refractivity contribution in [1.82, 2.24) is 9.80 Å². The van der Waals surface area contributed by atoms with Gasteiger partial charge in [-0.25, -0.2) is 0 Å². The van der Waals surface area contributed by atoms with E-state index in [0.29, 0.717) is 30.3 Å². The van der Waals surface area contributed by atoms with Crippen LogP contribution >= 0.6 is 34.2 Å². The van der Waals surface area contributed by atoms with Gasteiger partial charge in [0.05, 0.1) is 24.6 Å². The third kappa shape index (κ3) is 5.33. The fourth-order valence-corrected chi connectivity index (χ4v) is 4.00. The molecular formula is C18H22ClIN2O4. The fraction of sp³-hybridized carbons (Fsp3) is 0.500. The summed E-state index contributed by atoms with van der Waals surface area (Å²) < 4.78 is 5.79. The summed E-state index contributed by atoms with van der Waals surface area (Å²) in [6.45, 7) is 3.00. The van der Waals surface area contributed by atoms with Crippen molar-refractivity contribution in [3.05, 3.63) is 32.4 Å². The predicted molar refractivity (Wildman–Crippen MR) is 107 cm³/mol. The van der Waals surface area contributed by atoms with E-state index >= 15 is 0 Å². The molecular weight excluding hydrogens is 471 g/mol. The first-order valence-electron chi connectivity index (χ1n) is 8.48. The molecule has 26 heavy (non-hydrogen) atoms. The van der Waals surface area contributed by atoms with Crippen LogP contribution in [0.2, 0.25) is 5.02 Å². The zero-order valence-electron chi connectivity index (χ0n) is 14.8. The molecule has 1 saturated heterocycles. The van der Waals surface area contributed by atoms with Crippen molar-refractivity contribution in [3.63, 3.8) is 0 Å². The number of likely N-dealkylation sites (N-methyl/N-ethyl adjacent to an activating group) is 1. The van der Waals surface area contributed by atoms with Crippen molar-refractivity contribution in [2.75, 3.05) is 33.3 Å². The van der Waals surface area contributed by atoms with Crippen LogP contribution in [0.3, 0.4) is 0 Å². The maximum atomic E-state index is 12.6. The molecule has 1 fully saturated rings. The summed E-state index contributed by atoms with van der Waals surface area (Å²) in [4.78, 5) is 40.1. The van der Waals surface area contributed by atoms with E-state index in [-0.39, 0.29) is 30.2 Å². The second kappa shape index (κ2) is 9.55. The van der Waals surface area contributed by atoms with Gasteiger partial charge in [0, 0.05) is 28.7 Å². The highest BCUT2D eigenvalue weighted by atomic mass is 127. The standard InChI is InChI=1S/C18H22ClIN2O4/c1-3-26-18(25)12-5-4-8-22(10-12)16(23)11-21(2)17(24)14-7-6-13(19)9-15(14)20/h6-7,9,12H,3-5,8,10-11H2,1-2H3. The quantitative estimate of drug-likeness (QED) is 0.468. The molecule has 1 heterocycles. The second-order valence-corrected chi connectivity index (χ2v) is 7.81. The van der Waals surface area contributed by atoms with Crippen LogP contribution in [0.1, 0.15) is 30.1 Å². The molecule has 1 aliphatic rings. The molecule has 0 aromatic heterocycles. The highest BCUT2D eigenvalue weighted by Gasteiger charge is 2.30. The van der Waals surface area contributed by atoms with Gasteiger partial charge >= 0.3 is 5.97 Å². The second-order valence-electron chi connectivity index (χ2n) is 6.22. The van der Waals surface area contributed by atoms with Crippen LogP contribution in [-0.4, -0.2) is 60.9 Å². The molecule has 0 bridgehead atoms. The Bertz CT molecular complexity index is 698. The number of amides is 2. The number of esters is 1. The van der Waals surface area contributed by atoms with Gasteiger partial charge in [-0.1, -0.05) is 11.6 Å². The third-order valence-corrected chi connectivity index (χ3v) is 5.40.